The summed E-state index contributed by atoms with van der Waals surface area (Å²) < 4.78 is 5.89. The van der Waals surface area contributed by atoms with Crippen molar-refractivity contribution in [1.82, 2.24) is 0 Å². The average Bonchev–Trinajstić information content (AvgIpc) is 2.94. The topological polar surface area (TPSA) is 29.5 Å². The van der Waals surface area contributed by atoms with Gasteiger partial charge in [0.15, 0.2) is 5.78 Å². The minimum Gasteiger partial charge on any atom is -0.494 e. The van der Waals surface area contributed by atoms with Gasteiger partial charge in [0.05, 0.1) is 6.61 Å². The minimum absolute atomic E-state index is 0.00559. The van der Waals surface area contributed by atoms with Crippen molar-refractivity contribution in [3.63, 3.8) is 0 Å². The van der Waals surface area contributed by atoms with Crippen molar-refractivity contribution in [2.45, 2.75) is 110 Å². The maximum absolute atomic E-state index is 12.5. The Labute approximate surface area is 233 Å². The van der Waals surface area contributed by atoms with E-state index in [1.54, 1.807) is 6.08 Å². The maximum atomic E-state index is 12.5. The SMILES string of the molecule is CCCCCCCCCCCCCCCCCCOc1ccc(C(=O)/C=C/c2ccc(N(C)C)cc2)cc1. The fraction of sp³-hybridized carbons (Fsp3) is 0.571. The van der Waals surface area contributed by atoms with E-state index in [1.807, 2.05) is 56.6 Å². The summed E-state index contributed by atoms with van der Waals surface area (Å²) in [4.78, 5) is 14.6. The molecule has 0 atom stereocenters. The van der Waals surface area contributed by atoms with Crippen LogP contribution in [0.2, 0.25) is 0 Å². The molecule has 0 saturated carbocycles. The molecule has 38 heavy (non-hydrogen) atoms. The number of unbranched alkanes of at least 4 members (excludes halogenated alkanes) is 15. The van der Waals surface area contributed by atoms with Crippen LogP contribution < -0.4 is 9.64 Å². The number of hydrogen-bond acceptors (Lipinski definition) is 3. The molecule has 2 aromatic rings. The molecule has 0 N–H and O–H groups in total. The average molecular weight is 520 g/mol. The van der Waals surface area contributed by atoms with Gasteiger partial charge in [-0.25, -0.2) is 0 Å². The molecule has 0 saturated heterocycles. The molecule has 210 valence electrons. The van der Waals surface area contributed by atoms with Gasteiger partial charge in [0.2, 0.25) is 0 Å². The summed E-state index contributed by atoms with van der Waals surface area (Å²) in [6.07, 6.45) is 25.5. The zero-order valence-electron chi connectivity index (χ0n) is 24.6. The number of carbonyl (C=O) groups is 1. The Balaban J connectivity index is 1.46. The van der Waals surface area contributed by atoms with E-state index in [9.17, 15) is 4.79 Å². The molecule has 0 fully saturated rings. The fourth-order valence-corrected chi connectivity index (χ4v) is 4.71. The number of anilines is 1. The Bertz CT molecular complexity index is 883. The quantitative estimate of drug-likeness (QED) is 0.0880. The molecule has 0 unspecified atom stereocenters. The monoisotopic (exact) mass is 519 g/mol. The van der Waals surface area contributed by atoms with E-state index in [0.29, 0.717) is 5.56 Å². The van der Waals surface area contributed by atoms with Gasteiger partial charge in [-0.3, -0.25) is 4.79 Å². The molecule has 0 aromatic heterocycles. The third-order valence-corrected chi connectivity index (χ3v) is 7.24. The van der Waals surface area contributed by atoms with Crippen LogP contribution in [0.3, 0.4) is 0 Å². The molecular weight excluding hydrogens is 466 g/mol. The highest BCUT2D eigenvalue weighted by Crippen LogP contribution is 2.17. The predicted octanol–water partition coefficient (Wildman–Crippen LogP) is 10.3. The second-order valence-electron chi connectivity index (χ2n) is 10.9. The molecule has 2 rings (SSSR count). The molecular formula is C35H53NO2. The fourth-order valence-electron chi connectivity index (χ4n) is 4.71. The molecule has 0 heterocycles. The van der Waals surface area contributed by atoms with Crippen LogP contribution in [0.5, 0.6) is 5.75 Å². The van der Waals surface area contributed by atoms with Gasteiger partial charge >= 0.3 is 0 Å². The first-order valence-corrected chi connectivity index (χ1v) is 15.3. The van der Waals surface area contributed by atoms with Gasteiger partial charge in [0, 0.05) is 25.3 Å². The van der Waals surface area contributed by atoms with Crippen LogP contribution in [0.25, 0.3) is 6.08 Å². The number of benzene rings is 2. The van der Waals surface area contributed by atoms with Crippen molar-refractivity contribution < 1.29 is 9.53 Å². The number of ketones is 1. The first-order valence-electron chi connectivity index (χ1n) is 15.3. The van der Waals surface area contributed by atoms with E-state index >= 15 is 0 Å². The lowest BCUT2D eigenvalue weighted by Gasteiger charge is -2.11. The Morgan fingerprint density at radius 3 is 1.61 bits per heavy atom. The molecule has 0 aliphatic heterocycles. The van der Waals surface area contributed by atoms with Crippen molar-refractivity contribution >= 4 is 17.5 Å². The first kappa shape index (κ1) is 31.7. The number of hydrogen-bond donors (Lipinski definition) is 0. The highest BCUT2D eigenvalue weighted by atomic mass is 16.5. The van der Waals surface area contributed by atoms with Gasteiger partial charge in [-0.1, -0.05) is 121 Å². The van der Waals surface area contributed by atoms with Gasteiger partial charge in [0.1, 0.15) is 5.75 Å². The molecule has 2 aromatic carbocycles. The van der Waals surface area contributed by atoms with Crippen LogP contribution >= 0.6 is 0 Å². The van der Waals surface area contributed by atoms with Crippen LogP contribution in [0.4, 0.5) is 5.69 Å². The lowest BCUT2D eigenvalue weighted by atomic mass is 10.0. The molecule has 0 radical (unpaired) electrons. The van der Waals surface area contributed by atoms with Crippen LogP contribution in [0.15, 0.2) is 54.6 Å². The van der Waals surface area contributed by atoms with Crippen molar-refractivity contribution in [3.05, 3.63) is 65.7 Å². The molecule has 3 nitrogen and oxygen atoms in total. The van der Waals surface area contributed by atoms with Gasteiger partial charge in [-0.05, 0) is 54.5 Å². The molecule has 3 heteroatoms. The smallest absolute Gasteiger partial charge is 0.185 e. The Morgan fingerprint density at radius 2 is 1.13 bits per heavy atom. The maximum Gasteiger partial charge on any atom is 0.185 e. The molecule has 0 aliphatic rings. The van der Waals surface area contributed by atoms with Crippen LogP contribution in [-0.4, -0.2) is 26.5 Å². The molecule has 0 amide bonds. The summed E-state index contributed by atoms with van der Waals surface area (Å²) in [6.45, 7) is 3.03. The summed E-state index contributed by atoms with van der Waals surface area (Å²) in [5.41, 5.74) is 2.84. The second-order valence-corrected chi connectivity index (χ2v) is 10.9. The van der Waals surface area contributed by atoms with Crippen LogP contribution in [0.1, 0.15) is 126 Å². The largest absolute Gasteiger partial charge is 0.494 e. The van der Waals surface area contributed by atoms with Crippen molar-refractivity contribution in [1.29, 1.82) is 0 Å². The molecule has 0 aliphatic carbocycles. The minimum atomic E-state index is 0.00559. The molecule has 0 bridgehead atoms. The Hall–Kier alpha value is -2.55. The number of allylic oxidation sites excluding steroid dienone is 1. The van der Waals surface area contributed by atoms with Gasteiger partial charge in [-0.2, -0.15) is 0 Å². The normalized spacial score (nSPS) is 11.2. The Morgan fingerprint density at radius 1 is 0.658 bits per heavy atom. The van der Waals surface area contributed by atoms with E-state index in [4.69, 9.17) is 4.74 Å². The summed E-state index contributed by atoms with van der Waals surface area (Å²) in [5, 5.41) is 0. The standard InChI is InChI=1S/C35H53NO2/c1-4-5-6-7-8-9-10-11-12-13-14-15-16-17-18-19-30-38-34-27-23-32(24-28-34)35(37)29-22-31-20-25-33(26-21-31)36(2)3/h20-29H,4-19,30H2,1-3H3/b29-22+. The van der Waals surface area contributed by atoms with E-state index < -0.39 is 0 Å². The Kier molecular flexibility index (Phi) is 17.0. The van der Waals surface area contributed by atoms with Crippen LogP contribution in [0, 0.1) is 0 Å². The lowest BCUT2D eigenvalue weighted by molar-refractivity contribution is 0.104. The van der Waals surface area contributed by atoms with Gasteiger partial charge in [0.25, 0.3) is 0 Å². The lowest BCUT2D eigenvalue weighted by Crippen LogP contribution is -2.07. The third-order valence-electron chi connectivity index (χ3n) is 7.24. The highest BCUT2D eigenvalue weighted by Gasteiger charge is 2.03. The number of ether oxygens (including phenoxy) is 1. The number of nitrogens with zero attached hydrogens (tertiary/aromatic N) is 1. The van der Waals surface area contributed by atoms with E-state index in [-0.39, 0.29) is 5.78 Å². The van der Waals surface area contributed by atoms with Crippen molar-refractivity contribution in [3.8, 4) is 5.75 Å². The summed E-state index contributed by atoms with van der Waals surface area (Å²) in [5.74, 6) is 0.844. The summed E-state index contributed by atoms with van der Waals surface area (Å²) in [6, 6.07) is 15.7. The summed E-state index contributed by atoms with van der Waals surface area (Å²) >= 11 is 0. The van der Waals surface area contributed by atoms with Crippen molar-refractivity contribution in [2.24, 2.45) is 0 Å². The van der Waals surface area contributed by atoms with Crippen LogP contribution in [-0.2, 0) is 0 Å². The first-order chi connectivity index (χ1) is 18.6. The molecule has 0 spiro atoms. The highest BCUT2D eigenvalue weighted by molar-refractivity contribution is 6.06. The number of rotatable bonds is 22. The summed E-state index contributed by atoms with van der Waals surface area (Å²) in [7, 11) is 4.03. The van der Waals surface area contributed by atoms with Gasteiger partial charge in [-0.15, -0.1) is 0 Å². The van der Waals surface area contributed by atoms with E-state index in [0.717, 1.165) is 30.0 Å². The van der Waals surface area contributed by atoms with E-state index in [2.05, 4.69) is 24.0 Å². The van der Waals surface area contributed by atoms with Crippen molar-refractivity contribution in [2.75, 3.05) is 25.6 Å². The zero-order valence-corrected chi connectivity index (χ0v) is 24.6. The zero-order chi connectivity index (χ0) is 27.3. The third kappa shape index (κ3) is 14.4. The second kappa shape index (κ2) is 20.4. The predicted molar refractivity (Wildman–Crippen MR) is 166 cm³/mol. The number of carbonyl (C=O) groups excluding carboxylic acids is 1. The van der Waals surface area contributed by atoms with Gasteiger partial charge < -0.3 is 9.64 Å². The van der Waals surface area contributed by atoms with E-state index in [1.165, 1.54) is 96.3 Å².